The zero-order valence-electron chi connectivity index (χ0n) is 12.3. The summed E-state index contributed by atoms with van der Waals surface area (Å²) in [6, 6.07) is 13.3. The molecule has 6 nitrogen and oxygen atoms in total. The summed E-state index contributed by atoms with van der Waals surface area (Å²) in [6.07, 6.45) is 1.90. The number of nitrogens with one attached hydrogen (secondary N) is 2. The molecule has 0 radical (unpaired) electrons. The maximum Gasteiger partial charge on any atom is 0.316 e. The minimum atomic E-state index is -1.05. The lowest BCUT2D eigenvalue weighted by atomic mass is 10.1. The van der Waals surface area contributed by atoms with Gasteiger partial charge in [-0.1, -0.05) is 18.2 Å². The molecule has 0 atom stereocenters. The van der Waals surface area contributed by atoms with Crippen molar-refractivity contribution in [2.24, 2.45) is 0 Å². The van der Waals surface area contributed by atoms with Crippen LogP contribution in [-0.4, -0.2) is 24.0 Å². The first kappa shape index (κ1) is 16.6. The first-order valence-corrected chi connectivity index (χ1v) is 7.89. The second kappa shape index (κ2) is 7.46. The molecule has 23 heavy (non-hydrogen) atoms. The number of carbonyl (C=O) groups excluding carboxylic acids is 3. The number of nitrogen functional groups attached to an aromatic ring is 1. The van der Waals surface area contributed by atoms with Crippen LogP contribution in [0.1, 0.15) is 10.4 Å². The summed E-state index contributed by atoms with van der Waals surface area (Å²) in [7, 11) is 0. The van der Waals surface area contributed by atoms with E-state index in [1.165, 1.54) is 23.9 Å². The zero-order chi connectivity index (χ0) is 16.8. The van der Waals surface area contributed by atoms with Crippen LogP contribution in [-0.2, 0) is 9.59 Å². The molecule has 0 aliphatic carbocycles. The summed E-state index contributed by atoms with van der Waals surface area (Å²) < 4.78 is 0. The number of benzene rings is 2. The molecule has 0 saturated carbocycles. The van der Waals surface area contributed by atoms with E-state index >= 15 is 0 Å². The third-order valence-corrected chi connectivity index (χ3v) is 3.69. The summed E-state index contributed by atoms with van der Waals surface area (Å²) >= 11 is 1.51. The molecule has 7 heteroatoms. The van der Waals surface area contributed by atoms with Gasteiger partial charge in [0.1, 0.15) is 0 Å². The minimum absolute atomic E-state index is 0.137. The van der Waals surface area contributed by atoms with Gasteiger partial charge >= 0.3 is 11.8 Å². The monoisotopic (exact) mass is 329 g/mol. The van der Waals surface area contributed by atoms with E-state index in [1.807, 2.05) is 17.6 Å². The number of imide groups is 1. The van der Waals surface area contributed by atoms with Crippen LogP contribution in [0.15, 0.2) is 53.4 Å². The SMILES string of the molecule is CSc1cccc(NC(=O)C(=O)NC(=O)c2ccccc2N)c1. The van der Waals surface area contributed by atoms with Gasteiger partial charge in [-0.25, -0.2) is 0 Å². The molecule has 0 aliphatic rings. The van der Waals surface area contributed by atoms with E-state index in [4.69, 9.17) is 5.73 Å². The van der Waals surface area contributed by atoms with Crippen LogP contribution >= 0.6 is 11.8 Å². The number of hydrogen-bond acceptors (Lipinski definition) is 5. The summed E-state index contributed by atoms with van der Waals surface area (Å²) in [5.74, 6) is -2.69. The number of carbonyl (C=O) groups is 3. The molecule has 0 aromatic heterocycles. The predicted molar refractivity (Wildman–Crippen MR) is 90.2 cm³/mol. The first-order chi connectivity index (χ1) is 11.0. The van der Waals surface area contributed by atoms with Crippen molar-refractivity contribution in [1.82, 2.24) is 5.32 Å². The Kier molecular flexibility index (Phi) is 5.37. The third kappa shape index (κ3) is 4.33. The van der Waals surface area contributed by atoms with Gasteiger partial charge in [-0.05, 0) is 36.6 Å². The Labute approximate surface area is 137 Å². The van der Waals surface area contributed by atoms with Gasteiger partial charge in [0, 0.05) is 16.3 Å². The van der Waals surface area contributed by atoms with E-state index in [0.29, 0.717) is 5.69 Å². The number of para-hydroxylation sites is 1. The van der Waals surface area contributed by atoms with Crippen LogP contribution in [0.25, 0.3) is 0 Å². The van der Waals surface area contributed by atoms with Crippen LogP contribution in [0.4, 0.5) is 11.4 Å². The van der Waals surface area contributed by atoms with E-state index in [0.717, 1.165) is 4.90 Å². The number of anilines is 2. The van der Waals surface area contributed by atoms with Gasteiger partial charge in [0.25, 0.3) is 5.91 Å². The van der Waals surface area contributed by atoms with Crippen LogP contribution < -0.4 is 16.4 Å². The average Bonchev–Trinajstić information content (AvgIpc) is 2.55. The van der Waals surface area contributed by atoms with Crippen molar-refractivity contribution in [1.29, 1.82) is 0 Å². The molecule has 0 heterocycles. The van der Waals surface area contributed by atoms with Gasteiger partial charge < -0.3 is 11.1 Å². The molecular weight excluding hydrogens is 314 g/mol. The number of amides is 3. The molecule has 3 amide bonds. The summed E-state index contributed by atoms with van der Waals surface area (Å²) in [4.78, 5) is 36.5. The molecule has 0 unspecified atom stereocenters. The Hall–Kier alpha value is -2.80. The Bertz CT molecular complexity index is 762. The standard InChI is InChI=1S/C16H15N3O3S/c1-23-11-6-4-5-10(9-11)18-15(21)16(22)19-14(20)12-7-2-3-8-13(12)17/h2-9H,17H2,1H3,(H,18,21)(H,19,20,22). The van der Waals surface area contributed by atoms with Gasteiger partial charge in [-0.2, -0.15) is 0 Å². The van der Waals surface area contributed by atoms with Crippen molar-refractivity contribution < 1.29 is 14.4 Å². The van der Waals surface area contributed by atoms with E-state index in [2.05, 4.69) is 5.32 Å². The molecule has 0 spiro atoms. The normalized spacial score (nSPS) is 9.96. The quantitative estimate of drug-likeness (QED) is 0.453. The van der Waals surface area contributed by atoms with Crippen molar-refractivity contribution in [3.05, 3.63) is 54.1 Å². The van der Waals surface area contributed by atoms with Crippen molar-refractivity contribution in [3.63, 3.8) is 0 Å². The number of thioether (sulfide) groups is 1. The minimum Gasteiger partial charge on any atom is -0.398 e. The molecule has 0 fully saturated rings. The third-order valence-electron chi connectivity index (χ3n) is 2.97. The first-order valence-electron chi connectivity index (χ1n) is 6.66. The Morgan fingerprint density at radius 3 is 2.43 bits per heavy atom. The van der Waals surface area contributed by atoms with Gasteiger partial charge in [0.05, 0.1) is 5.56 Å². The highest BCUT2D eigenvalue weighted by molar-refractivity contribution is 7.98. The molecule has 2 aromatic carbocycles. The van der Waals surface area contributed by atoms with Gasteiger partial charge in [-0.3, -0.25) is 19.7 Å². The molecule has 2 rings (SSSR count). The zero-order valence-corrected chi connectivity index (χ0v) is 13.1. The fraction of sp³-hybridized carbons (Fsp3) is 0.0625. The van der Waals surface area contributed by atoms with E-state index < -0.39 is 17.7 Å². The predicted octanol–water partition coefficient (Wildman–Crippen LogP) is 1.89. The van der Waals surface area contributed by atoms with Crippen LogP contribution in [0, 0.1) is 0 Å². The molecule has 4 N–H and O–H groups in total. The van der Waals surface area contributed by atoms with Crippen LogP contribution in [0.5, 0.6) is 0 Å². The second-order valence-electron chi connectivity index (χ2n) is 4.56. The highest BCUT2D eigenvalue weighted by Gasteiger charge is 2.19. The fourth-order valence-corrected chi connectivity index (χ4v) is 2.28. The topological polar surface area (TPSA) is 101 Å². The molecule has 0 saturated heterocycles. The lowest BCUT2D eigenvalue weighted by molar-refractivity contribution is -0.135. The van der Waals surface area contributed by atoms with E-state index in [-0.39, 0.29) is 11.3 Å². The molecule has 2 aromatic rings. The van der Waals surface area contributed by atoms with Crippen LogP contribution in [0.3, 0.4) is 0 Å². The molecule has 0 bridgehead atoms. The Morgan fingerprint density at radius 1 is 1.00 bits per heavy atom. The van der Waals surface area contributed by atoms with Crippen molar-refractivity contribution in [2.75, 3.05) is 17.3 Å². The second-order valence-corrected chi connectivity index (χ2v) is 5.44. The maximum absolute atomic E-state index is 11.9. The maximum atomic E-state index is 11.9. The lowest BCUT2D eigenvalue weighted by Gasteiger charge is -2.08. The summed E-state index contributed by atoms with van der Waals surface area (Å²) in [5.41, 5.74) is 6.49. The van der Waals surface area contributed by atoms with E-state index in [1.54, 1.807) is 30.3 Å². The lowest BCUT2D eigenvalue weighted by Crippen LogP contribution is -2.39. The van der Waals surface area contributed by atoms with Crippen molar-refractivity contribution in [3.8, 4) is 0 Å². The number of nitrogens with two attached hydrogens (primary N) is 1. The van der Waals surface area contributed by atoms with Gasteiger partial charge in [-0.15, -0.1) is 11.8 Å². The highest BCUT2D eigenvalue weighted by Crippen LogP contribution is 2.18. The number of rotatable bonds is 3. The molecule has 0 aliphatic heterocycles. The van der Waals surface area contributed by atoms with Crippen LogP contribution in [0.2, 0.25) is 0 Å². The van der Waals surface area contributed by atoms with E-state index in [9.17, 15) is 14.4 Å². The smallest absolute Gasteiger partial charge is 0.316 e. The Morgan fingerprint density at radius 2 is 1.74 bits per heavy atom. The molecule has 118 valence electrons. The molecular formula is C16H15N3O3S. The van der Waals surface area contributed by atoms with Crippen molar-refractivity contribution in [2.45, 2.75) is 4.90 Å². The summed E-state index contributed by atoms with van der Waals surface area (Å²) in [5, 5.41) is 4.45. The average molecular weight is 329 g/mol. The highest BCUT2D eigenvalue weighted by atomic mass is 32.2. The largest absolute Gasteiger partial charge is 0.398 e. The van der Waals surface area contributed by atoms with Crippen molar-refractivity contribution >= 4 is 40.9 Å². The Balaban J connectivity index is 2.01. The van der Waals surface area contributed by atoms with Gasteiger partial charge in [0.2, 0.25) is 0 Å². The summed E-state index contributed by atoms with van der Waals surface area (Å²) in [6.45, 7) is 0. The number of hydrogen-bond donors (Lipinski definition) is 3. The fourth-order valence-electron chi connectivity index (χ4n) is 1.82. The van der Waals surface area contributed by atoms with Gasteiger partial charge in [0.15, 0.2) is 0 Å².